The third-order valence-electron chi connectivity index (χ3n) is 3.06. The Kier molecular flexibility index (Phi) is 2.54. The Balaban J connectivity index is 2.01. The maximum atomic E-state index is 5.73. The van der Waals surface area contributed by atoms with Crippen LogP contribution in [0, 0.1) is 0 Å². The molecule has 1 atom stereocenters. The molecule has 0 saturated carbocycles. The van der Waals surface area contributed by atoms with Crippen molar-refractivity contribution in [3.05, 3.63) is 12.7 Å². The van der Waals surface area contributed by atoms with E-state index in [0.29, 0.717) is 17.9 Å². The molecule has 8 heteroatoms. The van der Waals surface area contributed by atoms with E-state index in [-0.39, 0.29) is 5.95 Å². The van der Waals surface area contributed by atoms with E-state index >= 15 is 0 Å². The number of rotatable bonds is 2. The molecule has 0 aliphatic carbocycles. The monoisotopic (exact) mass is 246 g/mol. The first-order chi connectivity index (χ1) is 8.74. The molecule has 2 N–H and O–H groups in total. The molecule has 0 bridgehead atoms. The van der Waals surface area contributed by atoms with Gasteiger partial charge in [-0.15, -0.1) is 0 Å². The minimum atomic E-state index is 0.199. The second-order valence-electron chi connectivity index (χ2n) is 4.32. The quantitative estimate of drug-likeness (QED) is 0.797. The summed E-state index contributed by atoms with van der Waals surface area (Å²) in [5, 5.41) is 3.99. The Bertz CT molecular complexity index is 537. The molecule has 0 radical (unpaired) electrons. The number of nitrogens with zero attached hydrogens (tertiary/aromatic N) is 7. The van der Waals surface area contributed by atoms with Crippen molar-refractivity contribution in [2.24, 2.45) is 0 Å². The molecule has 1 fully saturated rings. The van der Waals surface area contributed by atoms with Crippen LogP contribution in [0.5, 0.6) is 0 Å². The van der Waals surface area contributed by atoms with Crippen LogP contribution in [0.3, 0.4) is 0 Å². The lowest BCUT2D eigenvalue weighted by atomic mass is 10.2. The maximum absolute atomic E-state index is 5.73. The topological polar surface area (TPSA) is 98.6 Å². The molecular formula is C10H14N8. The molecule has 1 aliphatic heterocycles. The van der Waals surface area contributed by atoms with E-state index in [2.05, 4.69) is 36.9 Å². The van der Waals surface area contributed by atoms with Gasteiger partial charge in [0.2, 0.25) is 11.9 Å². The van der Waals surface area contributed by atoms with Crippen LogP contribution in [-0.4, -0.2) is 42.3 Å². The summed E-state index contributed by atoms with van der Waals surface area (Å²) in [5.41, 5.74) is 5.73. The van der Waals surface area contributed by atoms with E-state index in [1.807, 2.05) is 0 Å². The van der Waals surface area contributed by atoms with Crippen LogP contribution in [0.25, 0.3) is 5.95 Å². The van der Waals surface area contributed by atoms with Crippen LogP contribution in [0.2, 0.25) is 0 Å². The normalized spacial score (nSPS) is 19.4. The van der Waals surface area contributed by atoms with Gasteiger partial charge in [-0.25, -0.2) is 4.98 Å². The van der Waals surface area contributed by atoms with Crippen molar-refractivity contribution in [1.82, 2.24) is 29.7 Å². The fraction of sp³-hybridized carbons (Fsp3) is 0.500. The summed E-state index contributed by atoms with van der Waals surface area (Å²) in [6.07, 6.45) is 5.25. The number of hydrogen-bond acceptors (Lipinski definition) is 7. The first kappa shape index (κ1) is 10.9. The second-order valence-corrected chi connectivity index (χ2v) is 4.32. The summed E-state index contributed by atoms with van der Waals surface area (Å²) < 4.78 is 1.47. The highest BCUT2D eigenvalue weighted by molar-refractivity contribution is 5.39. The number of nitrogen functional groups attached to an aromatic ring is 1. The number of aromatic nitrogens is 6. The molecule has 0 amide bonds. The summed E-state index contributed by atoms with van der Waals surface area (Å²) in [6, 6.07) is 0.426. The Morgan fingerprint density at radius 2 is 2.11 bits per heavy atom. The van der Waals surface area contributed by atoms with E-state index in [4.69, 9.17) is 5.73 Å². The maximum Gasteiger partial charge on any atom is 0.258 e. The van der Waals surface area contributed by atoms with Gasteiger partial charge in [0.1, 0.15) is 12.7 Å². The van der Waals surface area contributed by atoms with E-state index in [1.165, 1.54) is 17.3 Å². The largest absolute Gasteiger partial charge is 0.368 e. The third-order valence-corrected chi connectivity index (χ3v) is 3.06. The van der Waals surface area contributed by atoms with Gasteiger partial charge in [0.15, 0.2) is 0 Å². The van der Waals surface area contributed by atoms with E-state index in [9.17, 15) is 0 Å². The molecule has 2 aromatic rings. The standard InChI is InChI=1S/C10H14N8/c1-7-3-2-4-17(7)9-14-8(11)15-10(16-9)18-6-12-5-13-18/h5-7H,2-4H2,1H3,(H2,11,14,15,16). The fourth-order valence-corrected chi connectivity index (χ4v) is 2.14. The average Bonchev–Trinajstić information content (AvgIpc) is 2.98. The van der Waals surface area contributed by atoms with Gasteiger partial charge in [-0.3, -0.25) is 0 Å². The van der Waals surface area contributed by atoms with Crippen LogP contribution in [-0.2, 0) is 0 Å². The van der Waals surface area contributed by atoms with Crippen LogP contribution in [0.1, 0.15) is 19.8 Å². The molecule has 0 spiro atoms. The Hall–Kier alpha value is -2.25. The first-order valence-electron chi connectivity index (χ1n) is 5.87. The average molecular weight is 246 g/mol. The van der Waals surface area contributed by atoms with Crippen molar-refractivity contribution in [1.29, 1.82) is 0 Å². The third kappa shape index (κ3) is 1.85. The minimum Gasteiger partial charge on any atom is -0.368 e. The van der Waals surface area contributed by atoms with E-state index in [1.54, 1.807) is 0 Å². The Labute approximate surface area is 104 Å². The van der Waals surface area contributed by atoms with Gasteiger partial charge < -0.3 is 10.6 Å². The van der Waals surface area contributed by atoms with Crippen LogP contribution < -0.4 is 10.6 Å². The smallest absolute Gasteiger partial charge is 0.258 e. The molecule has 94 valence electrons. The summed E-state index contributed by atoms with van der Waals surface area (Å²) in [6.45, 7) is 3.10. The molecule has 3 heterocycles. The highest BCUT2D eigenvalue weighted by Crippen LogP contribution is 2.22. The van der Waals surface area contributed by atoms with Crippen molar-refractivity contribution in [3.63, 3.8) is 0 Å². The summed E-state index contributed by atoms with van der Waals surface area (Å²) >= 11 is 0. The highest BCUT2D eigenvalue weighted by atomic mass is 15.4. The summed E-state index contributed by atoms with van der Waals surface area (Å²) in [7, 11) is 0. The van der Waals surface area contributed by atoms with Crippen LogP contribution >= 0.6 is 0 Å². The van der Waals surface area contributed by atoms with Gasteiger partial charge in [0, 0.05) is 12.6 Å². The predicted molar refractivity (Wildman–Crippen MR) is 65.2 cm³/mol. The van der Waals surface area contributed by atoms with E-state index in [0.717, 1.165) is 19.4 Å². The molecule has 8 nitrogen and oxygen atoms in total. The zero-order valence-electron chi connectivity index (χ0n) is 10.1. The van der Waals surface area contributed by atoms with Gasteiger partial charge >= 0.3 is 0 Å². The molecule has 3 rings (SSSR count). The highest BCUT2D eigenvalue weighted by Gasteiger charge is 2.23. The zero-order valence-corrected chi connectivity index (χ0v) is 10.1. The van der Waals surface area contributed by atoms with Gasteiger partial charge in [0.05, 0.1) is 0 Å². The Morgan fingerprint density at radius 3 is 2.78 bits per heavy atom. The lowest BCUT2D eigenvalue weighted by molar-refractivity contribution is 0.705. The second kappa shape index (κ2) is 4.21. The summed E-state index contributed by atoms with van der Waals surface area (Å²) in [4.78, 5) is 18.7. The number of nitrogens with two attached hydrogens (primary N) is 1. The van der Waals surface area contributed by atoms with E-state index < -0.39 is 0 Å². The molecular weight excluding hydrogens is 232 g/mol. The van der Waals surface area contributed by atoms with Crippen molar-refractivity contribution < 1.29 is 0 Å². The van der Waals surface area contributed by atoms with Gasteiger partial charge in [-0.05, 0) is 19.8 Å². The molecule has 2 aromatic heterocycles. The van der Waals surface area contributed by atoms with Crippen molar-refractivity contribution >= 4 is 11.9 Å². The van der Waals surface area contributed by atoms with Gasteiger partial charge in [0.25, 0.3) is 5.95 Å². The fourth-order valence-electron chi connectivity index (χ4n) is 2.14. The molecule has 1 saturated heterocycles. The van der Waals surface area contributed by atoms with Crippen molar-refractivity contribution in [2.75, 3.05) is 17.2 Å². The number of hydrogen-bond donors (Lipinski definition) is 1. The minimum absolute atomic E-state index is 0.199. The van der Waals surface area contributed by atoms with Crippen LogP contribution in [0.15, 0.2) is 12.7 Å². The first-order valence-corrected chi connectivity index (χ1v) is 5.87. The van der Waals surface area contributed by atoms with Crippen molar-refractivity contribution in [2.45, 2.75) is 25.8 Å². The molecule has 1 unspecified atom stereocenters. The van der Waals surface area contributed by atoms with Gasteiger partial charge in [-0.1, -0.05) is 0 Å². The molecule has 0 aromatic carbocycles. The molecule has 18 heavy (non-hydrogen) atoms. The van der Waals surface area contributed by atoms with Crippen LogP contribution in [0.4, 0.5) is 11.9 Å². The zero-order chi connectivity index (χ0) is 12.5. The lowest BCUT2D eigenvalue weighted by Gasteiger charge is -2.21. The molecule has 1 aliphatic rings. The lowest BCUT2D eigenvalue weighted by Crippen LogP contribution is -2.29. The number of anilines is 2. The Morgan fingerprint density at radius 1 is 1.28 bits per heavy atom. The predicted octanol–water partition coefficient (Wildman–Crippen LogP) is 0.0232. The summed E-state index contributed by atoms with van der Waals surface area (Å²) in [5.74, 6) is 1.21. The van der Waals surface area contributed by atoms with Crippen molar-refractivity contribution in [3.8, 4) is 5.95 Å². The SMILES string of the molecule is CC1CCCN1c1nc(N)nc(-n2cncn2)n1. The van der Waals surface area contributed by atoms with Gasteiger partial charge in [-0.2, -0.15) is 24.7 Å².